The Kier molecular flexibility index (Phi) is 5.57. The number of hydrogen-bond acceptors (Lipinski definition) is 3. The highest BCUT2D eigenvalue weighted by molar-refractivity contribution is 5.88. The minimum Gasteiger partial charge on any atom is -0.293 e. The molecular weight excluding hydrogens is 204 g/mol. The zero-order valence-electron chi connectivity index (χ0n) is 9.81. The molecule has 3 heteroatoms. The molecular formula is C13H18O3. The fourth-order valence-electron chi connectivity index (χ4n) is 1.40. The number of carbonyl (C=O) groups excluding carboxylic acids is 1. The van der Waals surface area contributed by atoms with E-state index >= 15 is 0 Å². The van der Waals surface area contributed by atoms with Crippen molar-refractivity contribution in [2.24, 2.45) is 5.92 Å². The van der Waals surface area contributed by atoms with Crippen LogP contribution in [-0.2, 0) is 9.78 Å². The largest absolute Gasteiger partial charge is 0.373 e. The van der Waals surface area contributed by atoms with Gasteiger partial charge in [0.25, 0.3) is 0 Å². The van der Waals surface area contributed by atoms with Crippen molar-refractivity contribution in [1.82, 2.24) is 0 Å². The Balaban J connectivity index is 2.26. The molecule has 0 spiro atoms. The van der Waals surface area contributed by atoms with Crippen LogP contribution in [0.1, 0.15) is 37.0 Å². The van der Waals surface area contributed by atoms with Crippen molar-refractivity contribution < 1.29 is 14.6 Å². The third-order valence-corrected chi connectivity index (χ3v) is 2.28. The van der Waals surface area contributed by atoms with E-state index in [2.05, 4.69) is 13.8 Å². The number of hydrogen-bond donors (Lipinski definition) is 0. The highest BCUT2D eigenvalue weighted by atomic mass is 17.2. The van der Waals surface area contributed by atoms with Gasteiger partial charge in [0.05, 0.1) is 12.2 Å². The van der Waals surface area contributed by atoms with E-state index in [1.807, 2.05) is 6.07 Å². The molecule has 0 saturated carbocycles. The summed E-state index contributed by atoms with van der Waals surface area (Å²) in [6, 6.07) is 8.82. The quantitative estimate of drug-likeness (QED) is 0.547. The Bertz CT molecular complexity index is 308. The van der Waals surface area contributed by atoms with E-state index < -0.39 is 5.97 Å². The van der Waals surface area contributed by atoms with Crippen LogP contribution in [0.5, 0.6) is 0 Å². The molecule has 3 nitrogen and oxygen atoms in total. The van der Waals surface area contributed by atoms with Crippen LogP contribution >= 0.6 is 0 Å². The van der Waals surface area contributed by atoms with Crippen LogP contribution in [0.2, 0.25) is 0 Å². The third-order valence-electron chi connectivity index (χ3n) is 2.28. The van der Waals surface area contributed by atoms with Gasteiger partial charge < -0.3 is 0 Å². The molecule has 0 aliphatic carbocycles. The van der Waals surface area contributed by atoms with Crippen LogP contribution < -0.4 is 0 Å². The lowest BCUT2D eigenvalue weighted by molar-refractivity contribution is -0.248. The Labute approximate surface area is 96.3 Å². The molecule has 0 heterocycles. The third kappa shape index (κ3) is 4.45. The van der Waals surface area contributed by atoms with Gasteiger partial charge in [0, 0.05) is 0 Å². The van der Waals surface area contributed by atoms with Crippen LogP contribution in [0.25, 0.3) is 0 Å². The molecule has 0 radical (unpaired) electrons. The Morgan fingerprint density at radius 2 is 2.00 bits per heavy atom. The lowest BCUT2D eigenvalue weighted by Crippen LogP contribution is -2.11. The molecule has 0 amide bonds. The second kappa shape index (κ2) is 7.01. The second-order valence-electron chi connectivity index (χ2n) is 3.92. The second-order valence-corrected chi connectivity index (χ2v) is 3.92. The van der Waals surface area contributed by atoms with Crippen LogP contribution in [0.15, 0.2) is 30.3 Å². The maximum Gasteiger partial charge on any atom is 0.373 e. The normalized spacial score (nSPS) is 12.1. The molecule has 1 aromatic carbocycles. The molecule has 0 aliphatic rings. The maximum atomic E-state index is 11.4. The predicted molar refractivity (Wildman–Crippen MR) is 61.9 cm³/mol. The molecule has 88 valence electrons. The van der Waals surface area contributed by atoms with Crippen molar-refractivity contribution in [3.63, 3.8) is 0 Å². The van der Waals surface area contributed by atoms with Crippen LogP contribution in [-0.4, -0.2) is 12.6 Å². The Morgan fingerprint density at radius 3 is 2.62 bits per heavy atom. The van der Waals surface area contributed by atoms with Crippen molar-refractivity contribution in [2.75, 3.05) is 6.61 Å². The van der Waals surface area contributed by atoms with Crippen molar-refractivity contribution in [3.05, 3.63) is 35.9 Å². The van der Waals surface area contributed by atoms with Gasteiger partial charge in [-0.15, -0.1) is 0 Å². The summed E-state index contributed by atoms with van der Waals surface area (Å²) < 4.78 is 0. The van der Waals surface area contributed by atoms with Gasteiger partial charge in [-0.3, -0.25) is 4.89 Å². The highest BCUT2D eigenvalue weighted by Gasteiger charge is 2.08. The van der Waals surface area contributed by atoms with E-state index in [9.17, 15) is 4.79 Å². The molecule has 1 aromatic rings. The first-order valence-electron chi connectivity index (χ1n) is 5.63. The minimum absolute atomic E-state index is 0.411. The monoisotopic (exact) mass is 222 g/mol. The maximum absolute atomic E-state index is 11.4. The number of carbonyl (C=O) groups is 1. The molecule has 0 aromatic heterocycles. The van der Waals surface area contributed by atoms with Crippen molar-refractivity contribution in [2.45, 2.75) is 26.7 Å². The topological polar surface area (TPSA) is 35.5 Å². The minimum atomic E-state index is -0.440. The van der Waals surface area contributed by atoms with Gasteiger partial charge in [-0.25, -0.2) is 4.79 Å². The zero-order chi connectivity index (χ0) is 11.8. The highest BCUT2D eigenvalue weighted by Crippen LogP contribution is 2.07. The van der Waals surface area contributed by atoms with Gasteiger partial charge in [-0.05, 0) is 24.5 Å². The van der Waals surface area contributed by atoms with Gasteiger partial charge in [-0.2, -0.15) is 4.89 Å². The van der Waals surface area contributed by atoms with Gasteiger partial charge in [-0.1, -0.05) is 38.5 Å². The SMILES string of the molecule is CCCC(C)COOC(=O)c1ccccc1. The standard InChI is InChI=1S/C13H18O3/c1-3-7-11(2)10-15-16-13(14)12-8-5-4-6-9-12/h4-6,8-9,11H,3,7,10H2,1-2H3. The molecule has 0 fully saturated rings. The Morgan fingerprint density at radius 1 is 1.31 bits per heavy atom. The summed E-state index contributed by atoms with van der Waals surface area (Å²) >= 11 is 0. The first-order valence-corrected chi connectivity index (χ1v) is 5.63. The molecule has 1 rings (SSSR count). The van der Waals surface area contributed by atoms with Crippen LogP contribution in [0, 0.1) is 5.92 Å². The van der Waals surface area contributed by atoms with E-state index in [0.29, 0.717) is 18.1 Å². The number of rotatable bonds is 6. The Hall–Kier alpha value is -1.35. The molecule has 0 N–H and O–H groups in total. The molecule has 16 heavy (non-hydrogen) atoms. The van der Waals surface area contributed by atoms with E-state index in [1.54, 1.807) is 24.3 Å². The fraction of sp³-hybridized carbons (Fsp3) is 0.462. The van der Waals surface area contributed by atoms with Gasteiger partial charge in [0.1, 0.15) is 0 Å². The molecule has 1 unspecified atom stereocenters. The first-order chi connectivity index (χ1) is 7.74. The summed E-state index contributed by atoms with van der Waals surface area (Å²) in [6.45, 7) is 4.64. The van der Waals surface area contributed by atoms with Crippen molar-refractivity contribution in [3.8, 4) is 0 Å². The average Bonchev–Trinajstić information content (AvgIpc) is 2.30. The van der Waals surface area contributed by atoms with E-state index in [1.165, 1.54) is 0 Å². The van der Waals surface area contributed by atoms with E-state index in [4.69, 9.17) is 9.78 Å². The summed E-state index contributed by atoms with van der Waals surface area (Å²) in [5, 5.41) is 0. The lowest BCUT2D eigenvalue weighted by Gasteiger charge is -2.09. The smallest absolute Gasteiger partial charge is 0.293 e. The molecule has 0 aliphatic heterocycles. The average molecular weight is 222 g/mol. The van der Waals surface area contributed by atoms with Gasteiger partial charge in [0.2, 0.25) is 0 Å². The van der Waals surface area contributed by atoms with Crippen LogP contribution in [0.4, 0.5) is 0 Å². The summed E-state index contributed by atoms with van der Waals surface area (Å²) in [5.41, 5.74) is 0.505. The summed E-state index contributed by atoms with van der Waals surface area (Å²) in [5.74, 6) is -0.0297. The first kappa shape index (κ1) is 12.7. The van der Waals surface area contributed by atoms with Gasteiger partial charge in [0.15, 0.2) is 0 Å². The van der Waals surface area contributed by atoms with Crippen molar-refractivity contribution in [1.29, 1.82) is 0 Å². The number of benzene rings is 1. The predicted octanol–water partition coefficient (Wildman–Crippen LogP) is 3.21. The van der Waals surface area contributed by atoms with Crippen molar-refractivity contribution >= 4 is 5.97 Å². The summed E-state index contributed by atoms with van der Waals surface area (Å²) in [4.78, 5) is 21.1. The van der Waals surface area contributed by atoms with Crippen LogP contribution in [0.3, 0.4) is 0 Å². The van der Waals surface area contributed by atoms with E-state index in [0.717, 1.165) is 12.8 Å². The summed E-state index contributed by atoms with van der Waals surface area (Å²) in [7, 11) is 0. The summed E-state index contributed by atoms with van der Waals surface area (Å²) in [6.07, 6.45) is 2.18. The molecule has 0 saturated heterocycles. The molecule has 0 bridgehead atoms. The molecule has 1 atom stereocenters. The fourth-order valence-corrected chi connectivity index (χ4v) is 1.40. The van der Waals surface area contributed by atoms with E-state index in [-0.39, 0.29) is 0 Å². The van der Waals surface area contributed by atoms with Gasteiger partial charge >= 0.3 is 5.97 Å². The zero-order valence-corrected chi connectivity index (χ0v) is 9.81. The lowest BCUT2D eigenvalue weighted by atomic mass is 10.1.